The molecular weight excluding hydrogens is 248 g/mol. The Bertz CT molecular complexity index is 355. The summed E-state index contributed by atoms with van der Waals surface area (Å²) in [6, 6.07) is 8.40. The molecule has 0 aliphatic carbocycles. The Balaban J connectivity index is 0.00000289. The standard InChI is InChI=1S/C14H22N2O.ClH/c1-12-5-3-6-13(11-12)8-10-16-14(17)7-4-9-15-2;/h3,5-6,11,15H,4,7-10H2,1-2H3,(H,16,17);1H. The molecule has 0 radical (unpaired) electrons. The van der Waals surface area contributed by atoms with E-state index in [0.29, 0.717) is 6.42 Å². The van der Waals surface area contributed by atoms with Crippen LogP contribution in [0.4, 0.5) is 0 Å². The highest BCUT2D eigenvalue weighted by Gasteiger charge is 2.00. The van der Waals surface area contributed by atoms with Crippen molar-refractivity contribution in [1.82, 2.24) is 10.6 Å². The average molecular weight is 271 g/mol. The van der Waals surface area contributed by atoms with Gasteiger partial charge in [-0.05, 0) is 38.9 Å². The Morgan fingerprint density at radius 2 is 2.06 bits per heavy atom. The monoisotopic (exact) mass is 270 g/mol. The van der Waals surface area contributed by atoms with Crippen molar-refractivity contribution >= 4 is 18.3 Å². The van der Waals surface area contributed by atoms with E-state index < -0.39 is 0 Å². The zero-order valence-electron chi connectivity index (χ0n) is 11.2. The molecule has 0 spiro atoms. The molecule has 0 aliphatic heterocycles. The summed E-state index contributed by atoms with van der Waals surface area (Å²) in [6.45, 7) is 3.70. The van der Waals surface area contributed by atoms with Crippen LogP contribution in [-0.2, 0) is 11.2 Å². The molecular formula is C14H23ClN2O. The smallest absolute Gasteiger partial charge is 0.220 e. The Morgan fingerprint density at radius 3 is 2.72 bits per heavy atom. The summed E-state index contributed by atoms with van der Waals surface area (Å²) in [6.07, 6.45) is 2.40. The first-order valence-electron chi connectivity index (χ1n) is 6.19. The van der Waals surface area contributed by atoms with E-state index in [0.717, 1.165) is 25.9 Å². The van der Waals surface area contributed by atoms with Crippen molar-refractivity contribution in [3.8, 4) is 0 Å². The normalized spacial score (nSPS) is 9.67. The third kappa shape index (κ3) is 7.30. The average Bonchev–Trinajstić information content (AvgIpc) is 2.29. The molecule has 3 nitrogen and oxygen atoms in total. The Morgan fingerprint density at radius 1 is 1.28 bits per heavy atom. The van der Waals surface area contributed by atoms with Gasteiger partial charge < -0.3 is 10.6 Å². The minimum atomic E-state index is 0. The molecule has 1 amide bonds. The zero-order valence-corrected chi connectivity index (χ0v) is 12.0. The number of rotatable bonds is 7. The summed E-state index contributed by atoms with van der Waals surface area (Å²) in [7, 11) is 1.90. The number of amides is 1. The van der Waals surface area contributed by atoms with Crippen LogP contribution >= 0.6 is 12.4 Å². The largest absolute Gasteiger partial charge is 0.356 e. The number of carbonyl (C=O) groups is 1. The van der Waals surface area contributed by atoms with Crippen LogP contribution in [0.3, 0.4) is 0 Å². The third-order valence-electron chi connectivity index (χ3n) is 2.65. The molecule has 102 valence electrons. The van der Waals surface area contributed by atoms with E-state index in [1.807, 2.05) is 7.05 Å². The molecule has 0 aromatic heterocycles. The maximum absolute atomic E-state index is 11.4. The van der Waals surface area contributed by atoms with Gasteiger partial charge in [-0.25, -0.2) is 0 Å². The number of carbonyl (C=O) groups excluding carboxylic acids is 1. The summed E-state index contributed by atoms with van der Waals surface area (Å²) in [4.78, 5) is 11.4. The molecule has 0 bridgehead atoms. The Kier molecular flexibility index (Phi) is 9.33. The Labute approximate surface area is 116 Å². The van der Waals surface area contributed by atoms with Crippen LogP contribution in [0.15, 0.2) is 24.3 Å². The second-order valence-corrected chi connectivity index (χ2v) is 4.30. The van der Waals surface area contributed by atoms with Gasteiger partial charge in [0, 0.05) is 13.0 Å². The van der Waals surface area contributed by atoms with Crippen molar-refractivity contribution in [2.24, 2.45) is 0 Å². The van der Waals surface area contributed by atoms with Gasteiger partial charge in [-0.1, -0.05) is 29.8 Å². The number of hydrogen-bond donors (Lipinski definition) is 2. The van der Waals surface area contributed by atoms with Crippen molar-refractivity contribution in [3.05, 3.63) is 35.4 Å². The van der Waals surface area contributed by atoms with Gasteiger partial charge in [0.1, 0.15) is 0 Å². The highest BCUT2D eigenvalue weighted by molar-refractivity contribution is 5.85. The summed E-state index contributed by atoms with van der Waals surface area (Å²) < 4.78 is 0. The van der Waals surface area contributed by atoms with E-state index in [4.69, 9.17) is 0 Å². The molecule has 2 N–H and O–H groups in total. The lowest BCUT2D eigenvalue weighted by atomic mass is 10.1. The van der Waals surface area contributed by atoms with Crippen LogP contribution in [-0.4, -0.2) is 26.0 Å². The molecule has 0 saturated carbocycles. The van der Waals surface area contributed by atoms with Gasteiger partial charge in [0.25, 0.3) is 0 Å². The second-order valence-electron chi connectivity index (χ2n) is 4.30. The van der Waals surface area contributed by atoms with Crippen LogP contribution in [0, 0.1) is 6.92 Å². The van der Waals surface area contributed by atoms with Crippen LogP contribution in [0.2, 0.25) is 0 Å². The summed E-state index contributed by atoms with van der Waals surface area (Å²) in [5, 5.41) is 5.97. The first kappa shape index (κ1) is 16.9. The zero-order chi connectivity index (χ0) is 12.5. The quantitative estimate of drug-likeness (QED) is 0.745. The van der Waals surface area contributed by atoms with Gasteiger partial charge in [-0.2, -0.15) is 0 Å². The predicted molar refractivity (Wildman–Crippen MR) is 78.3 cm³/mol. The molecule has 4 heteroatoms. The van der Waals surface area contributed by atoms with Gasteiger partial charge in [-0.3, -0.25) is 4.79 Å². The number of halogens is 1. The molecule has 1 aromatic rings. The van der Waals surface area contributed by atoms with E-state index >= 15 is 0 Å². The molecule has 0 fully saturated rings. The molecule has 0 heterocycles. The van der Waals surface area contributed by atoms with E-state index in [2.05, 4.69) is 41.8 Å². The van der Waals surface area contributed by atoms with Gasteiger partial charge in [0.05, 0.1) is 0 Å². The van der Waals surface area contributed by atoms with Crippen molar-refractivity contribution in [3.63, 3.8) is 0 Å². The van der Waals surface area contributed by atoms with Crippen LogP contribution < -0.4 is 10.6 Å². The van der Waals surface area contributed by atoms with E-state index in [9.17, 15) is 4.79 Å². The van der Waals surface area contributed by atoms with E-state index in [1.165, 1.54) is 11.1 Å². The number of benzene rings is 1. The number of aryl methyl sites for hydroxylation is 1. The third-order valence-corrected chi connectivity index (χ3v) is 2.65. The van der Waals surface area contributed by atoms with Gasteiger partial charge in [0.2, 0.25) is 5.91 Å². The highest BCUT2D eigenvalue weighted by Crippen LogP contribution is 2.03. The fourth-order valence-corrected chi connectivity index (χ4v) is 1.73. The number of hydrogen-bond acceptors (Lipinski definition) is 2. The van der Waals surface area contributed by atoms with Crippen LogP contribution in [0.25, 0.3) is 0 Å². The highest BCUT2D eigenvalue weighted by atomic mass is 35.5. The fourth-order valence-electron chi connectivity index (χ4n) is 1.73. The lowest BCUT2D eigenvalue weighted by Crippen LogP contribution is -2.26. The summed E-state index contributed by atoms with van der Waals surface area (Å²) in [5.74, 6) is 0.146. The molecule has 18 heavy (non-hydrogen) atoms. The fraction of sp³-hybridized carbons (Fsp3) is 0.500. The molecule has 0 saturated heterocycles. The molecule has 0 unspecified atom stereocenters. The van der Waals surface area contributed by atoms with Crippen molar-refractivity contribution < 1.29 is 4.79 Å². The van der Waals surface area contributed by atoms with Crippen LogP contribution in [0.1, 0.15) is 24.0 Å². The van der Waals surface area contributed by atoms with Gasteiger partial charge in [0.15, 0.2) is 0 Å². The van der Waals surface area contributed by atoms with Gasteiger partial charge >= 0.3 is 0 Å². The minimum absolute atomic E-state index is 0. The van der Waals surface area contributed by atoms with E-state index in [1.54, 1.807) is 0 Å². The van der Waals surface area contributed by atoms with Crippen molar-refractivity contribution in [2.75, 3.05) is 20.1 Å². The summed E-state index contributed by atoms with van der Waals surface area (Å²) in [5.41, 5.74) is 2.54. The lowest BCUT2D eigenvalue weighted by Gasteiger charge is -2.06. The maximum Gasteiger partial charge on any atom is 0.220 e. The van der Waals surface area contributed by atoms with Crippen LogP contribution in [0.5, 0.6) is 0 Å². The SMILES string of the molecule is CNCCCC(=O)NCCc1cccc(C)c1.Cl. The molecule has 0 atom stereocenters. The predicted octanol–water partition coefficient (Wildman–Crippen LogP) is 2.08. The number of nitrogens with one attached hydrogen (secondary N) is 2. The Hall–Kier alpha value is -1.06. The maximum atomic E-state index is 11.4. The molecule has 1 aromatic carbocycles. The lowest BCUT2D eigenvalue weighted by molar-refractivity contribution is -0.121. The topological polar surface area (TPSA) is 41.1 Å². The summed E-state index contributed by atoms with van der Waals surface area (Å²) >= 11 is 0. The van der Waals surface area contributed by atoms with Gasteiger partial charge in [-0.15, -0.1) is 12.4 Å². The van der Waals surface area contributed by atoms with E-state index in [-0.39, 0.29) is 18.3 Å². The second kappa shape index (κ2) is 9.92. The van der Waals surface area contributed by atoms with Crippen molar-refractivity contribution in [1.29, 1.82) is 0 Å². The first-order valence-corrected chi connectivity index (χ1v) is 6.19. The van der Waals surface area contributed by atoms with Crippen molar-refractivity contribution in [2.45, 2.75) is 26.2 Å². The molecule has 1 rings (SSSR count). The minimum Gasteiger partial charge on any atom is -0.356 e. The first-order chi connectivity index (χ1) is 8.22. The molecule has 0 aliphatic rings.